The highest BCUT2D eigenvalue weighted by Crippen LogP contribution is 2.25. The SMILES string of the molecule is COC(=O)c1ccc(C(=O)OC)c(S(=O)(=O)N(C)CC(C)(C)CN)c1.Cl. The second-order valence-electron chi connectivity index (χ2n) is 6.32. The molecule has 0 heterocycles. The Morgan fingerprint density at radius 3 is 2.15 bits per heavy atom. The fourth-order valence-electron chi connectivity index (χ4n) is 2.18. The molecule has 0 atom stereocenters. The second-order valence-corrected chi connectivity index (χ2v) is 8.34. The summed E-state index contributed by atoms with van der Waals surface area (Å²) in [6.45, 7) is 4.06. The smallest absolute Gasteiger partial charge is 0.339 e. The molecule has 8 nitrogen and oxygen atoms in total. The molecule has 1 aromatic rings. The molecule has 26 heavy (non-hydrogen) atoms. The molecule has 0 amide bonds. The first kappa shape index (κ1) is 24.3. The number of methoxy groups -OCH3 is 2. The van der Waals surface area contributed by atoms with E-state index in [9.17, 15) is 18.0 Å². The number of hydrogen-bond acceptors (Lipinski definition) is 7. The Hall–Kier alpha value is -1.68. The van der Waals surface area contributed by atoms with Gasteiger partial charge < -0.3 is 15.2 Å². The van der Waals surface area contributed by atoms with Crippen molar-refractivity contribution >= 4 is 34.4 Å². The van der Waals surface area contributed by atoms with Gasteiger partial charge in [0.15, 0.2) is 0 Å². The fraction of sp³-hybridized carbons (Fsp3) is 0.500. The van der Waals surface area contributed by atoms with Gasteiger partial charge in [0.05, 0.1) is 30.2 Å². The minimum absolute atomic E-state index is 0. The number of ether oxygens (including phenoxy) is 2. The lowest BCUT2D eigenvalue weighted by molar-refractivity contribution is 0.0583. The number of halogens is 1. The number of hydrogen-bond donors (Lipinski definition) is 1. The van der Waals surface area contributed by atoms with Gasteiger partial charge in [-0.1, -0.05) is 13.8 Å². The first-order valence-corrected chi connectivity index (χ1v) is 8.91. The maximum atomic E-state index is 13.0. The Bertz CT molecular complexity index is 764. The predicted molar refractivity (Wildman–Crippen MR) is 99.0 cm³/mol. The topological polar surface area (TPSA) is 116 Å². The molecule has 2 N–H and O–H groups in total. The molecular weight excluding hydrogens is 384 g/mol. The lowest BCUT2D eigenvalue weighted by atomic mass is 9.94. The van der Waals surface area contributed by atoms with Gasteiger partial charge in [-0.25, -0.2) is 22.3 Å². The average Bonchev–Trinajstić information content (AvgIpc) is 2.59. The van der Waals surface area contributed by atoms with Crippen molar-refractivity contribution in [2.75, 3.05) is 34.4 Å². The van der Waals surface area contributed by atoms with E-state index < -0.39 is 27.4 Å². The summed E-state index contributed by atoms with van der Waals surface area (Å²) >= 11 is 0. The van der Waals surface area contributed by atoms with Crippen LogP contribution in [0, 0.1) is 5.41 Å². The highest BCUT2D eigenvalue weighted by Gasteiger charge is 2.31. The first-order chi connectivity index (χ1) is 11.5. The maximum Gasteiger partial charge on any atom is 0.339 e. The monoisotopic (exact) mass is 408 g/mol. The zero-order valence-electron chi connectivity index (χ0n) is 15.4. The Morgan fingerprint density at radius 1 is 1.15 bits per heavy atom. The van der Waals surface area contributed by atoms with E-state index in [1.165, 1.54) is 26.3 Å². The van der Waals surface area contributed by atoms with Crippen molar-refractivity contribution in [1.29, 1.82) is 0 Å². The lowest BCUT2D eigenvalue weighted by Crippen LogP contribution is -2.40. The van der Waals surface area contributed by atoms with Crippen LogP contribution >= 0.6 is 12.4 Å². The number of nitrogens with two attached hydrogens (primary N) is 1. The summed E-state index contributed by atoms with van der Waals surface area (Å²) in [6, 6.07) is 3.65. The van der Waals surface area contributed by atoms with E-state index in [1.807, 2.05) is 13.8 Å². The summed E-state index contributed by atoms with van der Waals surface area (Å²) in [4.78, 5) is 23.4. The molecule has 0 saturated carbocycles. The van der Waals surface area contributed by atoms with Crippen LogP contribution in [-0.2, 0) is 19.5 Å². The first-order valence-electron chi connectivity index (χ1n) is 7.47. The van der Waals surface area contributed by atoms with Gasteiger partial charge in [-0.2, -0.15) is 0 Å². The largest absolute Gasteiger partial charge is 0.465 e. The van der Waals surface area contributed by atoms with Crippen LogP contribution in [0.1, 0.15) is 34.6 Å². The maximum absolute atomic E-state index is 13.0. The van der Waals surface area contributed by atoms with Crippen LogP contribution in [0.4, 0.5) is 0 Å². The van der Waals surface area contributed by atoms with Crippen molar-refractivity contribution in [3.05, 3.63) is 29.3 Å². The zero-order valence-corrected chi connectivity index (χ0v) is 17.1. The number of carbonyl (C=O) groups excluding carboxylic acids is 2. The van der Waals surface area contributed by atoms with Gasteiger partial charge in [-0.15, -0.1) is 12.4 Å². The van der Waals surface area contributed by atoms with Crippen LogP contribution in [-0.4, -0.2) is 59.0 Å². The Kier molecular flexibility index (Phi) is 8.71. The highest BCUT2D eigenvalue weighted by atomic mass is 35.5. The molecule has 0 fully saturated rings. The number of sulfonamides is 1. The van der Waals surface area contributed by atoms with Crippen molar-refractivity contribution in [2.24, 2.45) is 11.1 Å². The van der Waals surface area contributed by atoms with Crippen molar-refractivity contribution in [2.45, 2.75) is 18.7 Å². The number of esters is 2. The molecule has 0 aliphatic carbocycles. The van der Waals surface area contributed by atoms with Crippen molar-refractivity contribution in [3.8, 4) is 0 Å². The average molecular weight is 409 g/mol. The van der Waals surface area contributed by atoms with Gasteiger partial charge in [-0.3, -0.25) is 0 Å². The molecular formula is C16H25ClN2O6S. The van der Waals surface area contributed by atoms with Crippen LogP contribution in [0.5, 0.6) is 0 Å². The van der Waals surface area contributed by atoms with Crippen LogP contribution in [0.3, 0.4) is 0 Å². The van der Waals surface area contributed by atoms with Crippen molar-refractivity contribution in [3.63, 3.8) is 0 Å². The molecule has 0 radical (unpaired) electrons. The van der Waals surface area contributed by atoms with Gasteiger partial charge in [0.2, 0.25) is 10.0 Å². The van der Waals surface area contributed by atoms with Gasteiger partial charge in [0.25, 0.3) is 0 Å². The van der Waals surface area contributed by atoms with Crippen LogP contribution in [0.2, 0.25) is 0 Å². The standard InChI is InChI=1S/C16H24N2O6S.ClH/c1-16(2,9-17)10-18(3)25(21,22)13-8-11(14(19)23-4)6-7-12(13)15(20)24-5;/h6-8H,9-10,17H2,1-5H3;1H. The molecule has 10 heteroatoms. The van der Waals surface area contributed by atoms with Gasteiger partial charge in [0, 0.05) is 13.6 Å². The van der Waals surface area contributed by atoms with E-state index in [4.69, 9.17) is 5.73 Å². The summed E-state index contributed by atoms with van der Waals surface area (Å²) in [5.41, 5.74) is 5.05. The predicted octanol–water partition coefficient (Wildman–Crippen LogP) is 1.29. The van der Waals surface area contributed by atoms with E-state index in [-0.39, 0.29) is 41.5 Å². The highest BCUT2D eigenvalue weighted by molar-refractivity contribution is 7.89. The van der Waals surface area contributed by atoms with Gasteiger partial charge >= 0.3 is 11.9 Å². The van der Waals surface area contributed by atoms with Gasteiger partial charge in [-0.05, 0) is 30.2 Å². The van der Waals surface area contributed by atoms with E-state index in [1.54, 1.807) is 0 Å². The van der Waals surface area contributed by atoms with Crippen molar-refractivity contribution < 1.29 is 27.5 Å². The van der Waals surface area contributed by atoms with Crippen molar-refractivity contribution in [1.82, 2.24) is 4.31 Å². The number of rotatable bonds is 7. The minimum Gasteiger partial charge on any atom is -0.465 e. The molecule has 1 rings (SSSR count). The lowest BCUT2D eigenvalue weighted by Gasteiger charge is -2.29. The molecule has 1 aromatic carbocycles. The number of benzene rings is 1. The molecule has 0 bridgehead atoms. The third kappa shape index (κ3) is 5.41. The molecule has 0 aromatic heterocycles. The Morgan fingerprint density at radius 2 is 1.69 bits per heavy atom. The summed E-state index contributed by atoms with van der Waals surface area (Å²) in [5.74, 6) is -1.53. The number of nitrogens with zero attached hydrogens (tertiary/aromatic N) is 1. The Labute approximate surface area is 160 Å². The third-order valence-electron chi connectivity index (χ3n) is 3.70. The summed E-state index contributed by atoms with van der Waals surface area (Å²) in [6.07, 6.45) is 0. The van der Waals surface area contributed by atoms with Crippen LogP contribution in [0.25, 0.3) is 0 Å². The third-order valence-corrected chi connectivity index (χ3v) is 5.54. The fourth-order valence-corrected chi connectivity index (χ4v) is 3.74. The van der Waals surface area contributed by atoms with E-state index in [0.29, 0.717) is 0 Å². The van der Waals surface area contributed by atoms with E-state index in [0.717, 1.165) is 17.5 Å². The molecule has 0 aliphatic rings. The molecule has 0 aliphatic heterocycles. The van der Waals surface area contributed by atoms with Crippen LogP contribution < -0.4 is 5.73 Å². The normalized spacial score (nSPS) is 11.7. The zero-order chi connectivity index (χ0) is 19.4. The second kappa shape index (κ2) is 9.31. The molecule has 0 spiro atoms. The molecule has 0 saturated heterocycles. The van der Waals surface area contributed by atoms with Gasteiger partial charge in [0.1, 0.15) is 0 Å². The molecule has 0 unspecified atom stereocenters. The Balaban J connectivity index is 0.00000625. The summed E-state index contributed by atoms with van der Waals surface area (Å²) < 4.78 is 36.3. The summed E-state index contributed by atoms with van der Waals surface area (Å²) in [7, 11) is -0.347. The van der Waals surface area contributed by atoms with Crippen LogP contribution in [0.15, 0.2) is 23.1 Å². The quantitative estimate of drug-likeness (QED) is 0.675. The van der Waals surface area contributed by atoms with E-state index in [2.05, 4.69) is 9.47 Å². The van der Waals surface area contributed by atoms with E-state index >= 15 is 0 Å². The minimum atomic E-state index is -4.06. The molecule has 148 valence electrons. The summed E-state index contributed by atoms with van der Waals surface area (Å²) in [5, 5.41) is 0. The number of carbonyl (C=O) groups is 2.